The standard InChI is InChI=1S/C16H22N2O2/c1-11-5-7-12(8-6-11)14-9-13(17-20)10-15(19)18(14)16(2,3)4/h5-8,14,20H,9-10H2,1-4H3/b17-13-/t14-/m1/s1. The van der Waals surface area contributed by atoms with Crippen LogP contribution in [0, 0.1) is 6.92 Å². The minimum atomic E-state index is -0.256. The molecule has 1 N–H and O–H groups in total. The average molecular weight is 274 g/mol. The fourth-order valence-electron chi connectivity index (χ4n) is 2.79. The van der Waals surface area contributed by atoms with Gasteiger partial charge < -0.3 is 10.1 Å². The summed E-state index contributed by atoms with van der Waals surface area (Å²) >= 11 is 0. The maximum absolute atomic E-state index is 12.4. The monoisotopic (exact) mass is 274 g/mol. The van der Waals surface area contributed by atoms with Gasteiger partial charge in [0.1, 0.15) is 0 Å². The van der Waals surface area contributed by atoms with Crippen LogP contribution in [0.5, 0.6) is 0 Å². The average Bonchev–Trinajstić information content (AvgIpc) is 2.37. The zero-order valence-corrected chi connectivity index (χ0v) is 12.6. The molecule has 0 aromatic heterocycles. The summed E-state index contributed by atoms with van der Waals surface area (Å²) in [6.07, 6.45) is 0.790. The van der Waals surface area contributed by atoms with Crippen LogP contribution in [0.2, 0.25) is 0 Å². The smallest absolute Gasteiger partial charge is 0.229 e. The van der Waals surface area contributed by atoms with E-state index >= 15 is 0 Å². The number of hydrogen-bond donors (Lipinski definition) is 1. The minimum Gasteiger partial charge on any atom is -0.411 e. The first-order valence-corrected chi connectivity index (χ1v) is 6.91. The van der Waals surface area contributed by atoms with Gasteiger partial charge in [0.2, 0.25) is 5.91 Å². The third-order valence-corrected chi connectivity index (χ3v) is 3.69. The van der Waals surface area contributed by atoms with Crippen molar-refractivity contribution in [1.82, 2.24) is 4.90 Å². The van der Waals surface area contributed by atoms with Gasteiger partial charge in [0, 0.05) is 12.0 Å². The second-order valence-electron chi connectivity index (χ2n) is 6.41. The molecule has 1 aliphatic heterocycles. The Morgan fingerprint density at radius 3 is 2.35 bits per heavy atom. The van der Waals surface area contributed by atoms with Crippen molar-refractivity contribution < 1.29 is 10.0 Å². The number of oxime groups is 1. The molecule has 1 aromatic rings. The number of hydrogen-bond acceptors (Lipinski definition) is 3. The van der Waals surface area contributed by atoms with Gasteiger partial charge in [-0.05, 0) is 33.3 Å². The third-order valence-electron chi connectivity index (χ3n) is 3.69. The molecule has 1 aromatic carbocycles. The number of piperidine rings is 1. The van der Waals surface area contributed by atoms with Crippen molar-refractivity contribution in [2.24, 2.45) is 5.16 Å². The second-order valence-corrected chi connectivity index (χ2v) is 6.41. The molecule has 0 unspecified atom stereocenters. The first kappa shape index (κ1) is 14.6. The summed E-state index contributed by atoms with van der Waals surface area (Å²) in [4.78, 5) is 14.3. The molecule has 0 saturated carbocycles. The fraction of sp³-hybridized carbons (Fsp3) is 0.500. The lowest BCUT2D eigenvalue weighted by Crippen LogP contribution is -2.51. The summed E-state index contributed by atoms with van der Waals surface area (Å²) < 4.78 is 0. The van der Waals surface area contributed by atoms with E-state index in [1.54, 1.807) is 0 Å². The van der Waals surface area contributed by atoms with E-state index < -0.39 is 0 Å². The van der Waals surface area contributed by atoms with E-state index in [2.05, 4.69) is 5.16 Å². The predicted molar refractivity (Wildman–Crippen MR) is 79.0 cm³/mol. The largest absolute Gasteiger partial charge is 0.411 e. The highest BCUT2D eigenvalue weighted by atomic mass is 16.4. The Hall–Kier alpha value is -1.84. The molecule has 1 saturated heterocycles. The van der Waals surface area contributed by atoms with E-state index in [4.69, 9.17) is 5.21 Å². The van der Waals surface area contributed by atoms with Gasteiger partial charge in [-0.25, -0.2) is 0 Å². The van der Waals surface area contributed by atoms with Crippen molar-refractivity contribution in [3.8, 4) is 0 Å². The lowest BCUT2D eigenvalue weighted by molar-refractivity contribution is -0.139. The number of carbonyl (C=O) groups is 1. The van der Waals surface area contributed by atoms with Crippen LogP contribution >= 0.6 is 0 Å². The molecule has 2 rings (SSSR count). The van der Waals surface area contributed by atoms with E-state index in [-0.39, 0.29) is 23.9 Å². The molecule has 0 aliphatic carbocycles. The van der Waals surface area contributed by atoms with Crippen molar-refractivity contribution in [3.05, 3.63) is 35.4 Å². The highest BCUT2D eigenvalue weighted by Gasteiger charge is 2.39. The van der Waals surface area contributed by atoms with Crippen molar-refractivity contribution in [1.29, 1.82) is 0 Å². The number of nitrogens with zero attached hydrogens (tertiary/aromatic N) is 2. The Balaban J connectivity index is 2.43. The summed E-state index contributed by atoms with van der Waals surface area (Å²) in [6, 6.07) is 8.12. The van der Waals surface area contributed by atoms with Crippen LogP contribution in [0.4, 0.5) is 0 Å². The molecule has 1 heterocycles. The van der Waals surface area contributed by atoms with Crippen LogP contribution < -0.4 is 0 Å². The SMILES string of the molecule is Cc1ccc([C@H]2C/C(=N/O)CC(=O)N2C(C)(C)C)cc1. The van der Waals surface area contributed by atoms with E-state index in [0.29, 0.717) is 12.1 Å². The summed E-state index contributed by atoms with van der Waals surface area (Å²) in [7, 11) is 0. The van der Waals surface area contributed by atoms with Crippen molar-refractivity contribution in [2.45, 2.75) is 52.1 Å². The Labute approximate surface area is 120 Å². The highest BCUT2D eigenvalue weighted by molar-refractivity contribution is 6.03. The molecule has 0 spiro atoms. The van der Waals surface area contributed by atoms with Gasteiger partial charge in [-0.15, -0.1) is 0 Å². The minimum absolute atomic E-state index is 0.0159. The van der Waals surface area contributed by atoms with E-state index in [9.17, 15) is 4.79 Å². The molecule has 108 valence electrons. The number of carbonyl (C=O) groups excluding carboxylic acids is 1. The number of benzene rings is 1. The summed E-state index contributed by atoms with van der Waals surface area (Å²) in [5.74, 6) is 0.0159. The quantitative estimate of drug-likeness (QED) is 0.631. The van der Waals surface area contributed by atoms with Crippen molar-refractivity contribution in [3.63, 3.8) is 0 Å². The molecule has 1 atom stereocenters. The van der Waals surface area contributed by atoms with Gasteiger partial charge in [-0.1, -0.05) is 35.0 Å². The van der Waals surface area contributed by atoms with Crippen LogP contribution in [0.15, 0.2) is 29.4 Å². The van der Waals surface area contributed by atoms with Gasteiger partial charge in [0.25, 0.3) is 0 Å². The van der Waals surface area contributed by atoms with Crippen LogP contribution in [0.25, 0.3) is 0 Å². The van der Waals surface area contributed by atoms with E-state index in [1.165, 1.54) is 5.56 Å². The number of rotatable bonds is 1. The molecule has 20 heavy (non-hydrogen) atoms. The molecule has 1 amide bonds. The lowest BCUT2D eigenvalue weighted by Gasteiger charge is -2.45. The molecule has 1 aliphatic rings. The normalized spacial score (nSPS) is 22.4. The topological polar surface area (TPSA) is 52.9 Å². The van der Waals surface area contributed by atoms with Crippen molar-refractivity contribution in [2.75, 3.05) is 0 Å². The van der Waals surface area contributed by atoms with E-state index in [0.717, 1.165) is 5.56 Å². The van der Waals surface area contributed by atoms with Gasteiger partial charge >= 0.3 is 0 Å². The van der Waals surface area contributed by atoms with Crippen LogP contribution in [0.3, 0.4) is 0 Å². The first-order chi connectivity index (χ1) is 9.32. The maximum atomic E-state index is 12.4. The molecule has 0 bridgehead atoms. The molecular weight excluding hydrogens is 252 g/mol. The Morgan fingerprint density at radius 2 is 1.85 bits per heavy atom. The summed E-state index contributed by atoms with van der Waals surface area (Å²) in [6.45, 7) is 8.14. The molecule has 0 radical (unpaired) electrons. The van der Waals surface area contributed by atoms with Crippen LogP contribution in [0.1, 0.15) is 50.8 Å². The predicted octanol–water partition coefficient (Wildman–Crippen LogP) is 3.29. The Kier molecular flexibility index (Phi) is 3.84. The highest BCUT2D eigenvalue weighted by Crippen LogP contribution is 2.35. The van der Waals surface area contributed by atoms with Crippen LogP contribution in [-0.2, 0) is 4.79 Å². The summed E-state index contributed by atoms with van der Waals surface area (Å²) in [5, 5.41) is 12.3. The van der Waals surface area contributed by atoms with Gasteiger partial charge in [-0.3, -0.25) is 4.79 Å². The van der Waals surface area contributed by atoms with E-state index in [1.807, 2.05) is 56.9 Å². The van der Waals surface area contributed by atoms with Gasteiger partial charge in [0.05, 0.1) is 18.2 Å². The molecule has 1 fully saturated rings. The van der Waals surface area contributed by atoms with Gasteiger partial charge in [-0.2, -0.15) is 0 Å². The maximum Gasteiger partial charge on any atom is 0.229 e. The number of amides is 1. The molecule has 4 nitrogen and oxygen atoms in total. The van der Waals surface area contributed by atoms with Crippen LogP contribution in [-0.4, -0.2) is 27.3 Å². The zero-order valence-electron chi connectivity index (χ0n) is 12.6. The molecular formula is C16H22N2O2. The van der Waals surface area contributed by atoms with Crippen molar-refractivity contribution >= 4 is 11.6 Å². The third kappa shape index (κ3) is 2.84. The van der Waals surface area contributed by atoms with Gasteiger partial charge in [0.15, 0.2) is 0 Å². The summed E-state index contributed by atoms with van der Waals surface area (Å²) in [5.41, 5.74) is 2.57. The fourth-order valence-corrected chi connectivity index (χ4v) is 2.79. The second kappa shape index (κ2) is 5.27. The zero-order chi connectivity index (χ0) is 14.9. The Morgan fingerprint density at radius 1 is 1.25 bits per heavy atom. The first-order valence-electron chi connectivity index (χ1n) is 6.91. The molecule has 4 heteroatoms. The Bertz CT molecular complexity index is 526. The number of aryl methyl sites for hydroxylation is 1. The lowest BCUT2D eigenvalue weighted by atomic mass is 9.88. The number of likely N-dealkylation sites (tertiary alicyclic amines) is 1.